The molecule has 1 saturated carbocycles. The number of carbonyl (C=O) groups excluding carboxylic acids is 2. The van der Waals surface area contributed by atoms with Gasteiger partial charge in [-0.25, -0.2) is 15.0 Å². The highest BCUT2D eigenvalue weighted by atomic mass is 32.1. The van der Waals surface area contributed by atoms with Gasteiger partial charge in [-0.2, -0.15) is 5.26 Å². The number of aromatic amines is 4. The second-order valence-electron chi connectivity index (χ2n) is 15.0. The van der Waals surface area contributed by atoms with E-state index in [-0.39, 0.29) is 28.7 Å². The summed E-state index contributed by atoms with van der Waals surface area (Å²) in [5.74, 6) is -0.0385. The Bertz CT molecular complexity index is 3340. The molecular weight excluding hydrogens is 799 g/mol. The molecule has 0 atom stereocenters. The molecule has 5 N–H and O–H groups in total. The van der Waals surface area contributed by atoms with Gasteiger partial charge in [0.1, 0.15) is 0 Å². The van der Waals surface area contributed by atoms with Crippen LogP contribution in [-0.4, -0.2) is 47.0 Å². The van der Waals surface area contributed by atoms with Crippen LogP contribution < -0.4 is 16.4 Å². The Labute approximate surface area is 357 Å². The lowest BCUT2D eigenvalue weighted by Crippen LogP contribution is -2.13. The predicted octanol–water partition coefficient (Wildman–Crippen LogP) is 8.62. The summed E-state index contributed by atoms with van der Waals surface area (Å²) in [6, 6.07) is 35.6. The molecule has 14 heteroatoms. The van der Waals surface area contributed by atoms with Crippen LogP contribution in [0.15, 0.2) is 125 Å². The number of hydrogen-bond acceptors (Lipinski definition) is 9. The molecular formula is C48H37N9O4S. The quantitative estimate of drug-likeness (QED) is 0.0888. The van der Waals surface area contributed by atoms with Crippen LogP contribution >= 0.6 is 11.3 Å². The number of pyridine rings is 2. The first-order chi connectivity index (χ1) is 30.1. The largest absolute Gasteiger partial charge is 0.326 e. The van der Waals surface area contributed by atoms with Crippen molar-refractivity contribution in [3.05, 3.63) is 175 Å². The average Bonchev–Trinajstić information content (AvgIpc) is 3.83. The van der Waals surface area contributed by atoms with Crippen molar-refractivity contribution in [1.82, 2.24) is 35.3 Å². The Morgan fingerprint density at radius 2 is 1.35 bits per heavy atom. The summed E-state index contributed by atoms with van der Waals surface area (Å²) < 4.78 is 0. The lowest BCUT2D eigenvalue weighted by molar-refractivity contribution is -0.117. The zero-order valence-electron chi connectivity index (χ0n) is 33.5. The number of ketones is 1. The highest BCUT2D eigenvalue weighted by Crippen LogP contribution is 2.36. The molecule has 1 fully saturated rings. The van der Waals surface area contributed by atoms with Crippen LogP contribution in [0, 0.1) is 31.1 Å². The number of benzene rings is 4. The van der Waals surface area contributed by atoms with Crippen LogP contribution in [0.5, 0.6) is 0 Å². The molecule has 0 unspecified atom stereocenters. The number of nitrogens with one attached hydrogen (secondary N) is 5. The summed E-state index contributed by atoms with van der Waals surface area (Å²) in [4.78, 5) is 64.9. The molecule has 304 valence electrons. The third kappa shape index (κ3) is 7.87. The van der Waals surface area contributed by atoms with Gasteiger partial charge in [-0.15, -0.1) is 11.3 Å². The van der Waals surface area contributed by atoms with Crippen LogP contribution in [0.2, 0.25) is 0 Å². The standard InChI is InChI=1S/C24H17N5OS.C24H20N4O3/c1-14-23(24(30)29-28-14)20-11-18(17-8-4-5-9-19(17)27-20)21-13-26-22(31-21)10-15-6-2-3-7-16(15)12-25;1-13-21(24(31)28-27-13)20-12-18(17-4-2-3-5-19(17)26-20)22(29)14-8-10-16(11-9-14)25-23(30)15-6-7-15/h2-9,11,13H,10H2,1H3,(H2,28,29,30);2-5,8-12,15H,6-7H2,1H3,(H,25,30)(H2,27,28,31). The zero-order chi connectivity index (χ0) is 42.9. The van der Waals surface area contributed by atoms with E-state index in [0.717, 1.165) is 50.5 Å². The van der Waals surface area contributed by atoms with Crippen molar-refractivity contribution in [3.63, 3.8) is 0 Å². The van der Waals surface area contributed by atoms with E-state index < -0.39 is 0 Å². The number of aromatic nitrogens is 7. The first-order valence-electron chi connectivity index (χ1n) is 19.9. The fourth-order valence-corrected chi connectivity index (χ4v) is 8.39. The molecule has 1 aliphatic carbocycles. The number of H-pyrrole nitrogens is 4. The van der Waals surface area contributed by atoms with Crippen molar-refractivity contribution in [3.8, 4) is 39.0 Å². The predicted molar refractivity (Wildman–Crippen MR) is 240 cm³/mol. The van der Waals surface area contributed by atoms with Crippen molar-refractivity contribution < 1.29 is 9.59 Å². The Morgan fingerprint density at radius 1 is 0.758 bits per heavy atom. The van der Waals surface area contributed by atoms with Crippen LogP contribution in [-0.2, 0) is 11.2 Å². The van der Waals surface area contributed by atoms with E-state index in [2.05, 4.69) is 41.7 Å². The van der Waals surface area contributed by atoms with Crippen LogP contribution in [0.1, 0.15) is 56.3 Å². The highest BCUT2D eigenvalue weighted by molar-refractivity contribution is 7.15. The molecule has 0 bridgehead atoms. The molecule has 1 aliphatic rings. The topological polar surface area (TPSA) is 206 Å². The van der Waals surface area contributed by atoms with E-state index in [4.69, 9.17) is 4.98 Å². The van der Waals surface area contributed by atoms with Gasteiger partial charge in [-0.1, -0.05) is 54.6 Å². The molecule has 0 radical (unpaired) electrons. The molecule has 5 heterocycles. The van der Waals surface area contributed by atoms with E-state index in [1.807, 2.05) is 92.0 Å². The summed E-state index contributed by atoms with van der Waals surface area (Å²) in [7, 11) is 0. The van der Waals surface area contributed by atoms with Crippen LogP contribution in [0.4, 0.5) is 5.69 Å². The number of amides is 1. The van der Waals surface area contributed by atoms with E-state index >= 15 is 0 Å². The van der Waals surface area contributed by atoms with Gasteiger partial charge in [0.2, 0.25) is 5.91 Å². The van der Waals surface area contributed by atoms with Crippen molar-refractivity contribution in [2.24, 2.45) is 5.92 Å². The van der Waals surface area contributed by atoms with Crippen molar-refractivity contribution >= 4 is 50.5 Å². The zero-order valence-corrected chi connectivity index (χ0v) is 34.3. The maximum Gasteiger partial charge on any atom is 0.273 e. The molecule has 0 saturated heterocycles. The minimum Gasteiger partial charge on any atom is -0.326 e. The normalized spacial score (nSPS) is 12.1. The number of fused-ring (bicyclic) bond motifs is 2. The summed E-state index contributed by atoms with van der Waals surface area (Å²) in [5.41, 5.74) is 8.64. The Morgan fingerprint density at radius 3 is 1.98 bits per heavy atom. The van der Waals surface area contributed by atoms with Gasteiger partial charge >= 0.3 is 0 Å². The van der Waals surface area contributed by atoms with Gasteiger partial charge in [0, 0.05) is 63.1 Å². The average molecular weight is 836 g/mol. The molecule has 10 rings (SSSR count). The van der Waals surface area contributed by atoms with Gasteiger partial charge in [0.25, 0.3) is 11.1 Å². The van der Waals surface area contributed by atoms with Gasteiger partial charge in [-0.3, -0.25) is 29.4 Å². The molecule has 0 spiro atoms. The van der Waals surface area contributed by atoms with Crippen LogP contribution in [0.3, 0.4) is 0 Å². The van der Waals surface area contributed by atoms with Crippen molar-refractivity contribution in [1.29, 1.82) is 5.26 Å². The second kappa shape index (κ2) is 16.6. The number of carbonyl (C=O) groups is 2. The Kier molecular flexibility index (Phi) is 10.5. The van der Waals surface area contributed by atoms with Crippen LogP contribution in [0.25, 0.3) is 54.8 Å². The molecule has 9 aromatic rings. The SMILES string of the molecule is Cc1[nH][nH]c(=O)c1-c1cc(-c2cnc(Cc3ccccc3C#N)s2)c2ccccc2n1.Cc1[nH][nH]c(=O)c1-c1cc(C(=O)c2ccc(NC(=O)C3CC3)cc2)c2ccccc2n1. The van der Waals surface area contributed by atoms with Gasteiger partial charge in [0.15, 0.2) is 5.78 Å². The number of para-hydroxylation sites is 2. The van der Waals surface area contributed by atoms with Gasteiger partial charge in [0.05, 0.1) is 55.1 Å². The summed E-state index contributed by atoms with van der Waals surface area (Å²) in [6.45, 7) is 3.63. The number of hydrogen-bond donors (Lipinski definition) is 5. The van der Waals surface area contributed by atoms with Crippen molar-refractivity contribution in [2.75, 3.05) is 5.32 Å². The Balaban J connectivity index is 0.000000158. The molecule has 13 nitrogen and oxygen atoms in total. The lowest BCUT2D eigenvalue weighted by atomic mass is 9.97. The molecule has 5 aromatic heterocycles. The maximum atomic E-state index is 13.4. The second-order valence-corrected chi connectivity index (χ2v) is 16.2. The smallest absolute Gasteiger partial charge is 0.273 e. The fraction of sp³-hybridized carbons (Fsp3) is 0.125. The van der Waals surface area contributed by atoms with E-state index in [1.165, 1.54) is 0 Å². The van der Waals surface area contributed by atoms with Gasteiger partial charge in [-0.05, 0) is 86.8 Å². The first-order valence-corrected chi connectivity index (χ1v) is 20.7. The van der Waals surface area contributed by atoms with E-state index in [0.29, 0.717) is 67.9 Å². The van der Waals surface area contributed by atoms with Crippen molar-refractivity contribution in [2.45, 2.75) is 33.1 Å². The fourth-order valence-electron chi connectivity index (χ4n) is 7.42. The summed E-state index contributed by atoms with van der Waals surface area (Å²) >= 11 is 1.59. The Hall–Kier alpha value is -8.02. The molecule has 4 aromatic carbocycles. The highest BCUT2D eigenvalue weighted by Gasteiger charge is 2.29. The van der Waals surface area contributed by atoms with E-state index in [1.54, 1.807) is 48.6 Å². The third-order valence-corrected chi connectivity index (χ3v) is 11.8. The number of nitriles is 1. The third-order valence-electron chi connectivity index (χ3n) is 10.8. The number of anilines is 1. The summed E-state index contributed by atoms with van der Waals surface area (Å²) in [6.07, 6.45) is 4.32. The maximum absolute atomic E-state index is 13.4. The number of thiazole rings is 1. The molecule has 1 amide bonds. The monoisotopic (exact) mass is 835 g/mol. The number of nitrogens with zero attached hydrogens (tertiary/aromatic N) is 4. The minimum atomic E-state index is -0.283. The van der Waals surface area contributed by atoms with E-state index in [9.17, 15) is 24.4 Å². The number of aryl methyl sites for hydroxylation is 2. The molecule has 62 heavy (non-hydrogen) atoms. The summed E-state index contributed by atoms with van der Waals surface area (Å²) in [5, 5.41) is 25.7. The lowest BCUT2D eigenvalue weighted by Gasteiger charge is -2.10. The first kappa shape index (κ1) is 39.4. The number of rotatable bonds is 9. The molecule has 0 aliphatic heterocycles. The van der Waals surface area contributed by atoms with Gasteiger partial charge < -0.3 is 15.5 Å². The minimum absolute atomic E-state index is 0.0240.